The number of rotatable bonds is 3. The second-order valence-electron chi connectivity index (χ2n) is 5.30. The average molecular weight is 290 g/mol. The van der Waals surface area contributed by atoms with Crippen LogP contribution < -0.4 is 0 Å². The van der Waals surface area contributed by atoms with Crippen LogP contribution in [0.3, 0.4) is 0 Å². The molecule has 0 spiro atoms. The van der Waals surface area contributed by atoms with E-state index in [2.05, 4.69) is 4.98 Å². The molecule has 2 aromatic rings. The summed E-state index contributed by atoms with van der Waals surface area (Å²) in [4.78, 5) is 4.10. The van der Waals surface area contributed by atoms with Gasteiger partial charge >= 0.3 is 0 Å². The van der Waals surface area contributed by atoms with Gasteiger partial charge in [0.15, 0.2) is 0 Å². The number of hydrogen-bond acceptors (Lipinski definition) is 3. The zero-order valence-electron chi connectivity index (χ0n) is 11.3. The van der Waals surface area contributed by atoms with Crippen molar-refractivity contribution in [3.05, 3.63) is 48.5 Å². The second-order valence-corrected chi connectivity index (χ2v) is 7.14. The van der Waals surface area contributed by atoms with Gasteiger partial charge in [-0.2, -0.15) is 0 Å². The summed E-state index contributed by atoms with van der Waals surface area (Å²) in [5.74, 6) is 0.591. The van der Waals surface area contributed by atoms with Crippen LogP contribution in [0.4, 0.5) is 0 Å². The maximum absolute atomic E-state index is 12.3. The zero-order chi connectivity index (χ0) is 14.0. The van der Waals surface area contributed by atoms with Crippen molar-refractivity contribution >= 4 is 10.0 Å². The van der Waals surface area contributed by atoms with Crippen LogP contribution in [-0.4, -0.2) is 17.4 Å². The van der Waals surface area contributed by atoms with E-state index in [1.54, 1.807) is 12.1 Å². The molecule has 0 bridgehead atoms. The van der Waals surface area contributed by atoms with Crippen molar-refractivity contribution in [1.29, 1.82) is 0 Å². The molecule has 0 unspecified atom stereocenters. The first-order valence-electron chi connectivity index (χ1n) is 7.01. The van der Waals surface area contributed by atoms with Gasteiger partial charge in [-0.25, -0.2) is 17.4 Å². The number of aromatic nitrogens is 2. The molecule has 106 valence electrons. The van der Waals surface area contributed by atoms with Gasteiger partial charge in [-0.1, -0.05) is 31.4 Å². The SMILES string of the molecule is O=S(=O)(c1ccc(C2CCCCC2)cc1)n1ccnc1. The Kier molecular flexibility index (Phi) is 3.61. The lowest BCUT2D eigenvalue weighted by atomic mass is 9.84. The van der Waals surface area contributed by atoms with Crippen molar-refractivity contribution in [1.82, 2.24) is 8.96 Å². The number of imidazole rings is 1. The van der Waals surface area contributed by atoms with Crippen molar-refractivity contribution in [2.45, 2.75) is 42.9 Å². The monoisotopic (exact) mass is 290 g/mol. The van der Waals surface area contributed by atoms with Crippen molar-refractivity contribution in [3.8, 4) is 0 Å². The van der Waals surface area contributed by atoms with Crippen LogP contribution in [0.1, 0.15) is 43.6 Å². The molecule has 3 rings (SSSR count). The van der Waals surface area contributed by atoms with Crippen LogP contribution in [0.5, 0.6) is 0 Å². The normalized spacial score (nSPS) is 17.2. The van der Waals surface area contributed by atoms with Crippen molar-refractivity contribution in [2.75, 3.05) is 0 Å². The third-order valence-corrected chi connectivity index (χ3v) is 5.65. The van der Waals surface area contributed by atoms with Gasteiger partial charge in [0.2, 0.25) is 0 Å². The highest BCUT2D eigenvalue weighted by Gasteiger charge is 2.18. The fraction of sp³-hybridized carbons (Fsp3) is 0.400. The van der Waals surface area contributed by atoms with Gasteiger partial charge in [0, 0.05) is 12.4 Å². The molecule has 0 aliphatic heterocycles. The molecule has 1 aromatic heterocycles. The first kappa shape index (κ1) is 13.4. The molecule has 1 saturated carbocycles. The highest BCUT2D eigenvalue weighted by atomic mass is 32.2. The van der Waals surface area contributed by atoms with Crippen LogP contribution >= 0.6 is 0 Å². The summed E-state index contributed by atoms with van der Waals surface area (Å²) in [6, 6.07) is 7.33. The van der Waals surface area contributed by atoms with Gasteiger partial charge in [0.25, 0.3) is 10.0 Å². The van der Waals surface area contributed by atoms with Gasteiger partial charge < -0.3 is 0 Å². The highest BCUT2D eigenvalue weighted by molar-refractivity contribution is 7.90. The predicted octanol–water partition coefficient (Wildman–Crippen LogP) is 3.17. The smallest absolute Gasteiger partial charge is 0.244 e. The van der Waals surface area contributed by atoms with Crippen LogP contribution in [-0.2, 0) is 10.0 Å². The number of benzene rings is 1. The molecule has 0 amide bonds. The van der Waals surface area contributed by atoms with Gasteiger partial charge in [0.05, 0.1) is 4.90 Å². The molecule has 0 atom stereocenters. The molecule has 20 heavy (non-hydrogen) atoms. The molecular weight excluding hydrogens is 272 g/mol. The van der Waals surface area contributed by atoms with Crippen LogP contribution in [0, 0.1) is 0 Å². The fourth-order valence-corrected chi connectivity index (χ4v) is 3.98. The summed E-state index contributed by atoms with van der Waals surface area (Å²) < 4.78 is 25.8. The Morgan fingerprint density at radius 1 is 1.05 bits per heavy atom. The van der Waals surface area contributed by atoms with E-state index >= 15 is 0 Å². The van der Waals surface area contributed by atoms with Gasteiger partial charge in [-0.3, -0.25) is 0 Å². The summed E-state index contributed by atoms with van der Waals surface area (Å²) >= 11 is 0. The Morgan fingerprint density at radius 2 is 1.75 bits per heavy atom. The minimum absolute atomic E-state index is 0.315. The van der Waals surface area contributed by atoms with Gasteiger partial charge in [0.1, 0.15) is 6.33 Å². The molecular formula is C15H18N2O2S. The molecule has 1 heterocycles. The maximum atomic E-state index is 12.3. The lowest BCUT2D eigenvalue weighted by Crippen LogP contribution is -2.11. The highest BCUT2D eigenvalue weighted by Crippen LogP contribution is 2.33. The second kappa shape index (κ2) is 5.40. The Labute approximate surface area is 119 Å². The summed E-state index contributed by atoms with van der Waals surface area (Å²) in [5.41, 5.74) is 1.26. The van der Waals surface area contributed by atoms with E-state index in [9.17, 15) is 8.42 Å². The van der Waals surface area contributed by atoms with Crippen LogP contribution in [0.25, 0.3) is 0 Å². The minimum atomic E-state index is -3.49. The van der Waals surface area contributed by atoms with E-state index < -0.39 is 10.0 Å². The van der Waals surface area contributed by atoms with Crippen molar-refractivity contribution in [2.24, 2.45) is 0 Å². The minimum Gasteiger partial charge on any atom is -0.244 e. The number of hydrogen-bond donors (Lipinski definition) is 0. The topological polar surface area (TPSA) is 52.0 Å². The van der Waals surface area contributed by atoms with E-state index in [0.29, 0.717) is 10.8 Å². The lowest BCUT2D eigenvalue weighted by Gasteiger charge is -2.22. The standard InChI is InChI=1S/C15H18N2O2S/c18-20(19,17-11-10-16-12-17)15-8-6-14(7-9-15)13-4-2-1-3-5-13/h6-13H,1-5H2. The van der Waals surface area contributed by atoms with E-state index in [0.717, 1.165) is 3.97 Å². The van der Waals surface area contributed by atoms with E-state index in [4.69, 9.17) is 0 Å². The quantitative estimate of drug-likeness (QED) is 0.872. The summed E-state index contributed by atoms with van der Waals surface area (Å²) in [6.07, 6.45) is 10.5. The molecule has 4 nitrogen and oxygen atoms in total. The van der Waals surface area contributed by atoms with E-state index in [1.807, 2.05) is 12.1 Å². The molecule has 1 aliphatic carbocycles. The Bertz CT molecular complexity index is 654. The first-order valence-corrected chi connectivity index (χ1v) is 8.45. The zero-order valence-corrected chi connectivity index (χ0v) is 12.1. The summed E-state index contributed by atoms with van der Waals surface area (Å²) in [5, 5.41) is 0. The lowest BCUT2D eigenvalue weighted by molar-refractivity contribution is 0.443. The summed E-state index contributed by atoms with van der Waals surface area (Å²) in [7, 11) is -3.49. The van der Waals surface area contributed by atoms with Crippen molar-refractivity contribution < 1.29 is 8.42 Å². The van der Waals surface area contributed by atoms with Crippen molar-refractivity contribution in [3.63, 3.8) is 0 Å². The Balaban J connectivity index is 1.86. The van der Waals surface area contributed by atoms with Crippen LogP contribution in [0.2, 0.25) is 0 Å². The third-order valence-electron chi connectivity index (χ3n) is 4.01. The first-order chi connectivity index (χ1) is 9.68. The predicted molar refractivity (Wildman–Crippen MR) is 77.1 cm³/mol. The van der Waals surface area contributed by atoms with Gasteiger partial charge in [-0.05, 0) is 36.5 Å². The molecule has 1 aliphatic rings. The molecule has 5 heteroatoms. The molecule has 1 fully saturated rings. The Morgan fingerprint density at radius 3 is 2.35 bits per heavy atom. The molecule has 0 N–H and O–H groups in total. The largest absolute Gasteiger partial charge is 0.268 e. The van der Waals surface area contributed by atoms with Gasteiger partial charge in [-0.15, -0.1) is 0 Å². The summed E-state index contributed by atoms with van der Waals surface area (Å²) in [6.45, 7) is 0. The average Bonchev–Trinajstić information content (AvgIpc) is 3.03. The molecule has 1 aromatic carbocycles. The molecule has 0 radical (unpaired) electrons. The fourth-order valence-electron chi connectivity index (χ4n) is 2.86. The third kappa shape index (κ3) is 2.50. The van der Waals surface area contributed by atoms with E-state index in [1.165, 1.54) is 56.4 Å². The van der Waals surface area contributed by atoms with E-state index in [-0.39, 0.29) is 0 Å². The number of nitrogens with zero attached hydrogens (tertiary/aromatic N) is 2. The maximum Gasteiger partial charge on any atom is 0.268 e. The molecule has 0 saturated heterocycles. The Hall–Kier alpha value is -1.62. The van der Waals surface area contributed by atoms with Crippen LogP contribution in [0.15, 0.2) is 47.9 Å².